The molecule has 126 valence electrons. The lowest BCUT2D eigenvalue weighted by Crippen LogP contribution is -2.42. The van der Waals surface area contributed by atoms with E-state index < -0.39 is 0 Å². The summed E-state index contributed by atoms with van der Waals surface area (Å²) in [5.41, 5.74) is 1.78. The van der Waals surface area contributed by atoms with E-state index >= 15 is 0 Å². The van der Waals surface area contributed by atoms with Gasteiger partial charge in [-0.1, -0.05) is 30.3 Å². The number of hydrogen-bond acceptors (Lipinski definition) is 4. The van der Waals surface area contributed by atoms with E-state index in [1.165, 1.54) is 6.33 Å². The minimum absolute atomic E-state index is 0.0263. The molecule has 0 aliphatic carbocycles. The molecule has 0 radical (unpaired) electrons. The average molecular weight is 326 g/mol. The van der Waals surface area contributed by atoms with E-state index in [1.54, 1.807) is 6.07 Å². The summed E-state index contributed by atoms with van der Waals surface area (Å²) in [7, 11) is 0. The Morgan fingerprint density at radius 2 is 2.17 bits per heavy atom. The monoisotopic (exact) mass is 326 g/mol. The van der Waals surface area contributed by atoms with Crippen LogP contribution in [0.1, 0.15) is 30.0 Å². The van der Waals surface area contributed by atoms with Gasteiger partial charge in [0.2, 0.25) is 5.91 Å². The van der Waals surface area contributed by atoms with E-state index in [0.29, 0.717) is 13.1 Å². The second kappa shape index (κ2) is 7.88. The van der Waals surface area contributed by atoms with Crippen LogP contribution in [0.3, 0.4) is 0 Å². The molecule has 6 nitrogen and oxygen atoms in total. The van der Waals surface area contributed by atoms with Crippen molar-refractivity contribution in [3.8, 4) is 0 Å². The number of piperidine rings is 1. The van der Waals surface area contributed by atoms with Crippen molar-refractivity contribution in [1.82, 2.24) is 20.2 Å². The Labute approximate surface area is 140 Å². The normalized spacial score (nSPS) is 18.2. The number of nitrogens with zero attached hydrogens (tertiary/aromatic N) is 2. The Morgan fingerprint density at radius 1 is 1.33 bits per heavy atom. The molecule has 6 heteroatoms. The summed E-state index contributed by atoms with van der Waals surface area (Å²) in [6.07, 6.45) is 3.45. The fraction of sp³-hybridized carbons (Fsp3) is 0.389. The molecule has 0 unspecified atom stereocenters. The molecule has 0 bridgehead atoms. The zero-order chi connectivity index (χ0) is 16.8. The average Bonchev–Trinajstić information content (AvgIpc) is 2.61. The summed E-state index contributed by atoms with van der Waals surface area (Å²) < 4.78 is 0. The van der Waals surface area contributed by atoms with Crippen molar-refractivity contribution >= 4 is 5.91 Å². The first kappa shape index (κ1) is 16.4. The summed E-state index contributed by atoms with van der Waals surface area (Å²) in [6.45, 7) is 2.59. The SMILES string of the molecule is O=C(CN1CCC[C@@H](c2cc(=O)[nH]cn2)C1)NCc1ccccc1. The van der Waals surface area contributed by atoms with Crippen LogP contribution in [0.25, 0.3) is 0 Å². The summed E-state index contributed by atoms with van der Waals surface area (Å²) in [4.78, 5) is 32.5. The van der Waals surface area contributed by atoms with Crippen molar-refractivity contribution in [3.63, 3.8) is 0 Å². The molecule has 1 atom stereocenters. The Morgan fingerprint density at radius 3 is 2.96 bits per heavy atom. The molecule has 1 fully saturated rings. The zero-order valence-corrected chi connectivity index (χ0v) is 13.6. The van der Waals surface area contributed by atoms with Crippen molar-refractivity contribution in [1.29, 1.82) is 0 Å². The Hall–Kier alpha value is -2.47. The molecule has 0 spiro atoms. The van der Waals surface area contributed by atoms with Crippen molar-refractivity contribution in [3.05, 3.63) is 64.3 Å². The van der Waals surface area contributed by atoms with Gasteiger partial charge in [-0.3, -0.25) is 14.5 Å². The fourth-order valence-electron chi connectivity index (χ4n) is 3.10. The van der Waals surface area contributed by atoms with Gasteiger partial charge in [0.1, 0.15) is 0 Å². The Kier molecular flexibility index (Phi) is 5.38. The first-order valence-electron chi connectivity index (χ1n) is 8.28. The van der Waals surface area contributed by atoms with E-state index in [0.717, 1.165) is 37.2 Å². The fourth-order valence-corrected chi connectivity index (χ4v) is 3.10. The molecule has 1 aliphatic rings. The van der Waals surface area contributed by atoms with Gasteiger partial charge in [-0.2, -0.15) is 0 Å². The molecule has 1 aliphatic heterocycles. The van der Waals surface area contributed by atoms with Gasteiger partial charge in [0.25, 0.3) is 5.56 Å². The smallest absolute Gasteiger partial charge is 0.250 e. The molecule has 1 saturated heterocycles. The van der Waals surface area contributed by atoms with Gasteiger partial charge in [0.05, 0.1) is 18.6 Å². The maximum Gasteiger partial charge on any atom is 0.250 e. The molecule has 1 aromatic carbocycles. The topological polar surface area (TPSA) is 78.1 Å². The van der Waals surface area contributed by atoms with Crippen molar-refractivity contribution in [2.75, 3.05) is 19.6 Å². The van der Waals surface area contributed by atoms with Gasteiger partial charge in [0, 0.05) is 25.1 Å². The van der Waals surface area contributed by atoms with Crippen LogP contribution < -0.4 is 10.9 Å². The number of amides is 1. The van der Waals surface area contributed by atoms with E-state index in [4.69, 9.17) is 0 Å². The largest absolute Gasteiger partial charge is 0.351 e. The van der Waals surface area contributed by atoms with Crippen LogP contribution in [-0.4, -0.2) is 40.4 Å². The molecular weight excluding hydrogens is 304 g/mol. The van der Waals surface area contributed by atoms with Gasteiger partial charge >= 0.3 is 0 Å². The van der Waals surface area contributed by atoms with E-state index in [1.807, 2.05) is 30.3 Å². The molecule has 1 amide bonds. The number of aromatic amines is 1. The third-order valence-corrected chi connectivity index (χ3v) is 4.32. The number of aromatic nitrogens is 2. The first-order chi connectivity index (χ1) is 11.7. The van der Waals surface area contributed by atoms with Crippen LogP contribution in [0, 0.1) is 0 Å². The predicted molar refractivity (Wildman–Crippen MR) is 91.6 cm³/mol. The van der Waals surface area contributed by atoms with Crippen molar-refractivity contribution in [2.45, 2.75) is 25.3 Å². The summed E-state index contributed by atoms with van der Waals surface area (Å²) in [6, 6.07) is 11.4. The predicted octanol–water partition coefficient (Wildman–Crippen LogP) is 1.27. The minimum atomic E-state index is -0.127. The van der Waals surface area contributed by atoms with Crippen LogP contribution in [0.5, 0.6) is 0 Å². The number of likely N-dealkylation sites (tertiary alicyclic amines) is 1. The number of rotatable bonds is 5. The van der Waals surface area contributed by atoms with Crippen LogP contribution in [0.2, 0.25) is 0 Å². The zero-order valence-electron chi connectivity index (χ0n) is 13.6. The molecule has 2 heterocycles. The molecular formula is C18H22N4O2. The lowest BCUT2D eigenvalue weighted by Gasteiger charge is -2.31. The molecule has 1 aromatic heterocycles. The van der Waals surface area contributed by atoms with Gasteiger partial charge in [-0.15, -0.1) is 0 Å². The second-order valence-electron chi connectivity index (χ2n) is 6.17. The third kappa shape index (κ3) is 4.52. The molecule has 24 heavy (non-hydrogen) atoms. The van der Waals surface area contributed by atoms with Gasteiger partial charge in [-0.05, 0) is 24.9 Å². The van der Waals surface area contributed by atoms with Crippen LogP contribution in [-0.2, 0) is 11.3 Å². The van der Waals surface area contributed by atoms with Crippen LogP contribution in [0.15, 0.2) is 47.5 Å². The highest BCUT2D eigenvalue weighted by atomic mass is 16.2. The quantitative estimate of drug-likeness (QED) is 0.867. The highest BCUT2D eigenvalue weighted by Gasteiger charge is 2.23. The van der Waals surface area contributed by atoms with E-state index in [-0.39, 0.29) is 17.4 Å². The van der Waals surface area contributed by atoms with E-state index in [2.05, 4.69) is 20.2 Å². The summed E-state index contributed by atoms with van der Waals surface area (Å²) >= 11 is 0. The maximum atomic E-state index is 12.2. The highest BCUT2D eigenvalue weighted by Crippen LogP contribution is 2.24. The molecule has 2 aromatic rings. The van der Waals surface area contributed by atoms with Crippen molar-refractivity contribution in [2.24, 2.45) is 0 Å². The van der Waals surface area contributed by atoms with Crippen LogP contribution >= 0.6 is 0 Å². The molecule has 0 saturated carbocycles. The maximum absolute atomic E-state index is 12.2. The Balaban J connectivity index is 1.51. The first-order valence-corrected chi connectivity index (χ1v) is 8.28. The van der Waals surface area contributed by atoms with Gasteiger partial charge in [0.15, 0.2) is 0 Å². The number of carbonyl (C=O) groups excluding carboxylic acids is 1. The lowest BCUT2D eigenvalue weighted by atomic mass is 9.94. The molecule has 3 rings (SSSR count). The molecule has 2 N–H and O–H groups in total. The third-order valence-electron chi connectivity index (χ3n) is 4.32. The number of benzene rings is 1. The van der Waals surface area contributed by atoms with Gasteiger partial charge < -0.3 is 10.3 Å². The summed E-state index contributed by atoms with van der Waals surface area (Å²) in [5.74, 6) is 0.237. The number of nitrogens with one attached hydrogen (secondary N) is 2. The number of H-pyrrole nitrogens is 1. The Bertz CT molecular complexity index is 729. The van der Waals surface area contributed by atoms with Crippen molar-refractivity contribution < 1.29 is 4.79 Å². The number of carbonyl (C=O) groups is 1. The standard InChI is InChI=1S/C18H22N4O2/c23-17-9-16(20-13-21-17)15-7-4-8-22(11-15)12-18(24)19-10-14-5-2-1-3-6-14/h1-3,5-6,9,13,15H,4,7-8,10-12H2,(H,19,24)(H,20,21,23)/t15-/m1/s1. The van der Waals surface area contributed by atoms with Gasteiger partial charge in [-0.25, -0.2) is 4.98 Å². The number of hydrogen-bond donors (Lipinski definition) is 2. The minimum Gasteiger partial charge on any atom is -0.351 e. The van der Waals surface area contributed by atoms with Crippen LogP contribution in [0.4, 0.5) is 0 Å². The summed E-state index contributed by atoms with van der Waals surface area (Å²) in [5, 5.41) is 2.96. The lowest BCUT2D eigenvalue weighted by molar-refractivity contribution is -0.122. The highest BCUT2D eigenvalue weighted by molar-refractivity contribution is 5.78. The second-order valence-corrected chi connectivity index (χ2v) is 6.17. The van der Waals surface area contributed by atoms with E-state index in [9.17, 15) is 9.59 Å².